The monoisotopic (exact) mass is 383 g/mol. The van der Waals surface area contributed by atoms with E-state index in [9.17, 15) is 4.79 Å². The highest BCUT2D eigenvalue weighted by Crippen LogP contribution is 2.07. The zero-order chi connectivity index (χ0) is 14.5. The van der Waals surface area contributed by atoms with Crippen molar-refractivity contribution in [3.8, 4) is 0 Å². The van der Waals surface area contributed by atoms with Gasteiger partial charge in [0.15, 0.2) is 0 Å². The molecule has 1 heterocycles. The van der Waals surface area contributed by atoms with Gasteiger partial charge in [-0.25, -0.2) is 0 Å². The predicted octanol–water partition coefficient (Wildman–Crippen LogP) is 2.92. The van der Waals surface area contributed by atoms with Crippen LogP contribution in [0.2, 0.25) is 0 Å². The van der Waals surface area contributed by atoms with Gasteiger partial charge < -0.3 is 5.32 Å². The van der Waals surface area contributed by atoms with Gasteiger partial charge in [-0.15, -0.1) is 0 Å². The van der Waals surface area contributed by atoms with Gasteiger partial charge in [0.2, 0.25) is 0 Å². The number of halogens is 1. The van der Waals surface area contributed by atoms with E-state index in [1.54, 1.807) is 0 Å². The zero-order valence-electron chi connectivity index (χ0n) is 11.7. The fourth-order valence-corrected chi connectivity index (χ4v) is 2.61. The number of amides is 1. The molecule has 1 aromatic carbocycles. The van der Waals surface area contributed by atoms with Gasteiger partial charge in [-0.05, 0) is 67.1 Å². The minimum Gasteiger partial charge on any atom is -0.352 e. The molecule has 0 aliphatic rings. The number of nitrogens with one attached hydrogen (secondary N) is 1. The second-order valence-corrected chi connectivity index (χ2v) is 6.02. The van der Waals surface area contributed by atoms with Crippen LogP contribution in [0.5, 0.6) is 0 Å². The van der Waals surface area contributed by atoms with E-state index < -0.39 is 0 Å². The van der Waals surface area contributed by atoms with Gasteiger partial charge in [-0.2, -0.15) is 5.10 Å². The normalized spacial score (nSPS) is 10.6. The fraction of sp³-hybridized carbons (Fsp3) is 0.333. The molecule has 1 N–H and O–H groups in total. The van der Waals surface area contributed by atoms with Crippen LogP contribution in [0.4, 0.5) is 0 Å². The SMILES string of the molecule is Cc1cc(C)n(CCCNC(=O)c2cccc(I)c2)n1. The summed E-state index contributed by atoms with van der Waals surface area (Å²) in [5.41, 5.74) is 2.90. The van der Waals surface area contributed by atoms with Crippen molar-refractivity contribution in [3.05, 3.63) is 50.9 Å². The number of aryl methyl sites for hydroxylation is 3. The molecule has 0 atom stereocenters. The van der Waals surface area contributed by atoms with Crippen molar-refractivity contribution in [2.75, 3.05) is 6.54 Å². The molecule has 2 rings (SSSR count). The van der Waals surface area contributed by atoms with Crippen LogP contribution in [0.15, 0.2) is 30.3 Å². The number of nitrogens with zero attached hydrogens (tertiary/aromatic N) is 2. The first-order valence-corrected chi connectivity index (χ1v) is 7.69. The summed E-state index contributed by atoms with van der Waals surface area (Å²) in [4.78, 5) is 11.9. The van der Waals surface area contributed by atoms with Crippen LogP contribution in [0.1, 0.15) is 28.2 Å². The van der Waals surface area contributed by atoms with E-state index in [0.29, 0.717) is 12.1 Å². The Balaban J connectivity index is 1.79. The topological polar surface area (TPSA) is 46.9 Å². The molecule has 0 fully saturated rings. The highest BCUT2D eigenvalue weighted by Gasteiger charge is 2.05. The molecule has 0 saturated carbocycles. The molecule has 0 bridgehead atoms. The molecule has 20 heavy (non-hydrogen) atoms. The van der Waals surface area contributed by atoms with Crippen LogP contribution >= 0.6 is 22.6 Å². The van der Waals surface area contributed by atoms with Crippen LogP contribution in [0, 0.1) is 17.4 Å². The van der Waals surface area contributed by atoms with Crippen molar-refractivity contribution >= 4 is 28.5 Å². The Bertz CT molecular complexity index is 607. The van der Waals surface area contributed by atoms with E-state index in [1.807, 2.05) is 42.8 Å². The largest absolute Gasteiger partial charge is 0.352 e. The Morgan fingerprint density at radius 3 is 2.80 bits per heavy atom. The molecule has 0 aliphatic heterocycles. The molecule has 0 saturated heterocycles. The van der Waals surface area contributed by atoms with Crippen LogP contribution < -0.4 is 5.32 Å². The Hall–Kier alpha value is -1.37. The van der Waals surface area contributed by atoms with Crippen LogP contribution in [-0.2, 0) is 6.54 Å². The van der Waals surface area contributed by atoms with Gasteiger partial charge in [-0.1, -0.05) is 6.07 Å². The summed E-state index contributed by atoms with van der Waals surface area (Å²) in [6.45, 7) is 5.52. The molecule has 1 aromatic heterocycles. The average molecular weight is 383 g/mol. The maximum Gasteiger partial charge on any atom is 0.251 e. The molecule has 0 spiro atoms. The van der Waals surface area contributed by atoms with Crippen molar-refractivity contribution in [1.29, 1.82) is 0 Å². The first-order valence-electron chi connectivity index (χ1n) is 6.61. The Labute approximate surface area is 132 Å². The minimum atomic E-state index is -0.0168. The Kier molecular flexibility index (Phi) is 5.17. The lowest BCUT2D eigenvalue weighted by Crippen LogP contribution is -2.25. The van der Waals surface area contributed by atoms with Gasteiger partial charge in [0, 0.05) is 27.9 Å². The Morgan fingerprint density at radius 2 is 2.15 bits per heavy atom. The minimum absolute atomic E-state index is 0.0168. The number of rotatable bonds is 5. The van der Waals surface area contributed by atoms with E-state index in [-0.39, 0.29) is 5.91 Å². The second-order valence-electron chi connectivity index (χ2n) is 4.77. The van der Waals surface area contributed by atoms with Gasteiger partial charge in [-0.3, -0.25) is 9.48 Å². The number of benzene rings is 1. The standard InChI is InChI=1S/C15H18IN3O/c1-11-9-12(2)19(18-11)8-4-7-17-15(20)13-5-3-6-14(16)10-13/h3,5-6,9-10H,4,7-8H2,1-2H3,(H,17,20). The summed E-state index contributed by atoms with van der Waals surface area (Å²) in [6, 6.07) is 9.65. The zero-order valence-corrected chi connectivity index (χ0v) is 13.8. The highest BCUT2D eigenvalue weighted by molar-refractivity contribution is 14.1. The maximum atomic E-state index is 11.9. The molecule has 4 nitrogen and oxygen atoms in total. The Morgan fingerprint density at radius 1 is 1.35 bits per heavy atom. The van der Waals surface area contributed by atoms with Crippen molar-refractivity contribution in [2.24, 2.45) is 0 Å². The molecule has 106 valence electrons. The third-order valence-electron chi connectivity index (χ3n) is 3.02. The van der Waals surface area contributed by atoms with Crippen molar-refractivity contribution < 1.29 is 4.79 Å². The third kappa shape index (κ3) is 4.06. The van der Waals surface area contributed by atoms with Crippen molar-refractivity contribution in [2.45, 2.75) is 26.8 Å². The highest BCUT2D eigenvalue weighted by atomic mass is 127. The van der Waals surface area contributed by atoms with Crippen LogP contribution in [-0.4, -0.2) is 22.2 Å². The summed E-state index contributed by atoms with van der Waals surface area (Å²) >= 11 is 2.21. The predicted molar refractivity (Wildman–Crippen MR) is 87.8 cm³/mol. The molecule has 1 amide bonds. The number of hydrogen-bond acceptors (Lipinski definition) is 2. The van der Waals surface area contributed by atoms with E-state index in [4.69, 9.17) is 0 Å². The quantitative estimate of drug-likeness (QED) is 0.638. The number of hydrogen-bond donors (Lipinski definition) is 1. The third-order valence-corrected chi connectivity index (χ3v) is 3.69. The number of carbonyl (C=O) groups excluding carboxylic acids is 1. The molecular weight excluding hydrogens is 365 g/mol. The van der Waals surface area contributed by atoms with Gasteiger partial charge in [0.1, 0.15) is 0 Å². The van der Waals surface area contributed by atoms with Crippen molar-refractivity contribution in [3.63, 3.8) is 0 Å². The van der Waals surface area contributed by atoms with E-state index in [1.165, 1.54) is 0 Å². The summed E-state index contributed by atoms with van der Waals surface area (Å²) in [7, 11) is 0. The average Bonchev–Trinajstić information content (AvgIpc) is 2.73. The van der Waals surface area contributed by atoms with Gasteiger partial charge in [0.05, 0.1) is 5.69 Å². The van der Waals surface area contributed by atoms with Gasteiger partial charge in [0.25, 0.3) is 5.91 Å². The van der Waals surface area contributed by atoms with Crippen molar-refractivity contribution in [1.82, 2.24) is 15.1 Å². The molecule has 0 unspecified atom stereocenters. The lowest BCUT2D eigenvalue weighted by Gasteiger charge is -2.07. The fourth-order valence-electron chi connectivity index (χ4n) is 2.06. The second kappa shape index (κ2) is 6.88. The maximum absolute atomic E-state index is 11.9. The summed E-state index contributed by atoms with van der Waals surface area (Å²) in [6.07, 6.45) is 0.873. The molecule has 2 aromatic rings. The lowest BCUT2D eigenvalue weighted by atomic mass is 10.2. The van der Waals surface area contributed by atoms with E-state index >= 15 is 0 Å². The molecular formula is C15H18IN3O. The molecule has 0 aliphatic carbocycles. The lowest BCUT2D eigenvalue weighted by molar-refractivity contribution is 0.0952. The van der Waals surface area contributed by atoms with Crippen LogP contribution in [0.25, 0.3) is 0 Å². The van der Waals surface area contributed by atoms with E-state index in [2.05, 4.69) is 39.1 Å². The number of aromatic nitrogens is 2. The molecule has 0 radical (unpaired) electrons. The first-order chi connectivity index (χ1) is 9.56. The summed E-state index contributed by atoms with van der Waals surface area (Å²) in [5.74, 6) is -0.0168. The van der Waals surface area contributed by atoms with Crippen LogP contribution in [0.3, 0.4) is 0 Å². The van der Waals surface area contributed by atoms with E-state index in [0.717, 1.165) is 27.9 Å². The first kappa shape index (κ1) is 15.0. The summed E-state index contributed by atoms with van der Waals surface area (Å²) in [5, 5.41) is 7.34. The summed E-state index contributed by atoms with van der Waals surface area (Å²) < 4.78 is 3.05. The van der Waals surface area contributed by atoms with Gasteiger partial charge >= 0.3 is 0 Å². The smallest absolute Gasteiger partial charge is 0.251 e. The number of carbonyl (C=O) groups is 1. The molecule has 5 heteroatoms.